The van der Waals surface area contributed by atoms with Crippen LogP contribution in [0.2, 0.25) is 0 Å². The lowest BCUT2D eigenvalue weighted by atomic mass is 10.1. The first-order chi connectivity index (χ1) is 9.40. The molecule has 1 amide bonds. The number of nitrogen functional groups attached to an aromatic ring is 1. The largest absolute Gasteiger partial charge is 0.396 e. The lowest BCUT2D eigenvalue weighted by molar-refractivity contribution is 0.100. The Morgan fingerprint density at radius 1 is 1.50 bits per heavy atom. The van der Waals surface area contributed by atoms with Gasteiger partial charge in [0.05, 0.1) is 23.0 Å². The molecule has 1 fully saturated rings. The lowest BCUT2D eigenvalue weighted by Crippen LogP contribution is -2.38. The summed E-state index contributed by atoms with van der Waals surface area (Å²) in [4.78, 5) is 15.5. The summed E-state index contributed by atoms with van der Waals surface area (Å²) < 4.78 is 0. The quantitative estimate of drug-likeness (QED) is 0.667. The van der Waals surface area contributed by atoms with Gasteiger partial charge in [0, 0.05) is 19.1 Å². The first-order valence-electron chi connectivity index (χ1n) is 6.68. The van der Waals surface area contributed by atoms with Crippen molar-refractivity contribution in [1.29, 1.82) is 0 Å². The molecule has 20 heavy (non-hydrogen) atoms. The van der Waals surface area contributed by atoms with E-state index in [9.17, 15) is 9.90 Å². The zero-order valence-electron chi connectivity index (χ0n) is 11.9. The monoisotopic (exact) mass is 278 g/mol. The molecular formula is C14H22N4O2. The van der Waals surface area contributed by atoms with E-state index in [4.69, 9.17) is 11.5 Å². The van der Waals surface area contributed by atoms with Crippen LogP contribution in [0.15, 0.2) is 18.2 Å². The number of benzene rings is 1. The molecule has 6 heteroatoms. The Hall–Kier alpha value is -1.79. The van der Waals surface area contributed by atoms with Crippen LogP contribution in [0.3, 0.4) is 0 Å². The van der Waals surface area contributed by atoms with Crippen LogP contribution in [0.1, 0.15) is 16.8 Å². The molecule has 1 aliphatic rings. The molecule has 2 rings (SSSR count). The smallest absolute Gasteiger partial charge is 0.250 e. The normalized spacial score (nSPS) is 22.5. The number of hydrogen-bond donors (Lipinski definition) is 3. The number of nitrogens with zero attached hydrogens (tertiary/aromatic N) is 2. The molecule has 0 radical (unpaired) electrons. The highest BCUT2D eigenvalue weighted by molar-refractivity contribution is 6.01. The predicted molar refractivity (Wildman–Crippen MR) is 79.7 cm³/mol. The number of aliphatic hydroxyl groups is 1. The average Bonchev–Trinajstić information content (AvgIpc) is 2.69. The summed E-state index contributed by atoms with van der Waals surface area (Å²) in [6, 6.07) is 5.42. The number of likely N-dealkylation sites (N-methyl/N-ethyl adjacent to an activating group) is 1. The van der Waals surface area contributed by atoms with E-state index >= 15 is 0 Å². The van der Waals surface area contributed by atoms with Gasteiger partial charge in [-0.25, -0.2) is 0 Å². The number of anilines is 2. The molecular weight excluding hydrogens is 256 g/mol. The summed E-state index contributed by atoms with van der Waals surface area (Å²) >= 11 is 0. The Bertz CT molecular complexity index is 504. The molecule has 2 unspecified atom stereocenters. The maximum atomic E-state index is 11.4. The van der Waals surface area contributed by atoms with Crippen LogP contribution < -0.4 is 16.4 Å². The van der Waals surface area contributed by atoms with Crippen LogP contribution in [-0.4, -0.2) is 55.2 Å². The van der Waals surface area contributed by atoms with Crippen molar-refractivity contribution < 1.29 is 9.90 Å². The SMILES string of the molecule is CN(C)CC1CC(O)CN1c1cccc(C(N)=O)c1N. The van der Waals surface area contributed by atoms with Crippen molar-refractivity contribution in [2.75, 3.05) is 37.8 Å². The van der Waals surface area contributed by atoms with Crippen LogP contribution in [0.5, 0.6) is 0 Å². The van der Waals surface area contributed by atoms with E-state index in [1.54, 1.807) is 12.1 Å². The number of rotatable bonds is 4. The summed E-state index contributed by atoms with van der Waals surface area (Å²) in [7, 11) is 3.98. The number of carbonyl (C=O) groups excluding carboxylic acids is 1. The number of carbonyl (C=O) groups is 1. The van der Waals surface area contributed by atoms with Gasteiger partial charge in [-0.05, 0) is 32.6 Å². The molecule has 0 bridgehead atoms. The third kappa shape index (κ3) is 2.86. The third-order valence-corrected chi connectivity index (χ3v) is 3.63. The predicted octanol–water partition coefficient (Wildman–Crippen LogP) is -0.131. The second-order valence-corrected chi connectivity index (χ2v) is 5.56. The zero-order valence-corrected chi connectivity index (χ0v) is 11.9. The van der Waals surface area contributed by atoms with Gasteiger partial charge < -0.3 is 26.4 Å². The van der Waals surface area contributed by atoms with Crippen LogP contribution in [0.25, 0.3) is 0 Å². The summed E-state index contributed by atoms with van der Waals surface area (Å²) in [5.41, 5.74) is 12.9. The first kappa shape index (κ1) is 14.6. The van der Waals surface area contributed by atoms with Gasteiger partial charge in [-0.15, -0.1) is 0 Å². The van der Waals surface area contributed by atoms with E-state index in [1.165, 1.54) is 0 Å². The van der Waals surface area contributed by atoms with Crippen molar-refractivity contribution in [2.24, 2.45) is 5.73 Å². The standard InChI is InChI=1S/C14H22N4O2/c1-17(2)7-9-6-10(19)8-18(9)12-5-3-4-11(13(12)15)14(16)20/h3-5,9-10,19H,6-8,15H2,1-2H3,(H2,16,20). The summed E-state index contributed by atoms with van der Waals surface area (Å²) in [6.45, 7) is 1.34. The molecule has 0 saturated carbocycles. The van der Waals surface area contributed by atoms with Crippen LogP contribution in [0, 0.1) is 0 Å². The van der Waals surface area contributed by atoms with E-state index in [0.717, 1.165) is 12.2 Å². The highest BCUT2D eigenvalue weighted by atomic mass is 16.3. The fourth-order valence-corrected chi connectivity index (χ4v) is 2.80. The zero-order chi connectivity index (χ0) is 14.9. The minimum atomic E-state index is -0.534. The summed E-state index contributed by atoms with van der Waals surface area (Å²) in [5, 5.41) is 9.92. The number of hydrogen-bond acceptors (Lipinski definition) is 5. The van der Waals surface area contributed by atoms with Gasteiger partial charge >= 0.3 is 0 Å². The molecule has 1 heterocycles. The molecule has 1 aromatic rings. The molecule has 110 valence electrons. The van der Waals surface area contributed by atoms with Gasteiger partial charge in [-0.3, -0.25) is 4.79 Å². The number of amides is 1. The molecule has 0 spiro atoms. The summed E-state index contributed by atoms with van der Waals surface area (Å²) in [5.74, 6) is -0.534. The van der Waals surface area contributed by atoms with Crippen molar-refractivity contribution >= 4 is 17.3 Å². The molecule has 2 atom stereocenters. The number of aliphatic hydroxyl groups excluding tert-OH is 1. The first-order valence-corrected chi connectivity index (χ1v) is 6.68. The minimum Gasteiger partial charge on any atom is -0.396 e. The van der Waals surface area contributed by atoms with Crippen molar-refractivity contribution in [3.05, 3.63) is 23.8 Å². The maximum Gasteiger partial charge on any atom is 0.250 e. The van der Waals surface area contributed by atoms with E-state index in [-0.39, 0.29) is 12.1 Å². The molecule has 0 aliphatic carbocycles. The lowest BCUT2D eigenvalue weighted by Gasteiger charge is -2.30. The van der Waals surface area contributed by atoms with E-state index in [0.29, 0.717) is 24.2 Å². The Kier molecular flexibility index (Phi) is 4.15. The van der Waals surface area contributed by atoms with Crippen LogP contribution in [0.4, 0.5) is 11.4 Å². The number of β-amino-alcohol motifs (C(OH)–C–C–N with tert-alkyl or cyclic N) is 1. The van der Waals surface area contributed by atoms with Gasteiger partial charge in [0.15, 0.2) is 0 Å². The maximum absolute atomic E-state index is 11.4. The van der Waals surface area contributed by atoms with Crippen molar-refractivity contribution in [3.8, 4) is 0 Å². The minimum absolute atomic E-state index is 0.172. The van der Waals surface area contributed by atoms with Crippen LogP contribution >= 0.6 is 0 Å². The molecule has 6 nitrogen and oxygen atoms in total. The number of para-hydroxylation sites is 1. The highest BCUT2D eigenvalue weighted by Gasteiger charge is 2.32. The fourth-order valence-electron chi connectivity index (χ4n) is 2.80. The topological polar surface area (TPSA) is 95.8 Å². The molecule has 1 saturated heterocycles. The van der Waals surface area contributed by atoms with Gasteiger partial charge in [0.25, 0.3) is 5.91 Å². The summed E-state index contributed by atoms with van der Waals surface area (Å²) in [6.07, 6.45) is 0.315. The Balaban J connectivity index is 2.34. The number of primary amides is 1. The van der Waals surface area contributed by atoms with Gasteiger partial charge in [0.2, 0.25) is 0 Å². The Labute approximate surface area is 119 Å². The van der Waals surface area contributed by atoms with E-state index in [2.05, 4.69) is 9.80 Å². The third-order valence-electron chi connectivity index (χ3n) is 3.63. The van der Waals surface area contributed by atoms with Crippen molar-refractivity contribution in [1.82, 2.24) is 4.90 Å². The average molecular weight is 278 g/mol. The van der Waals surface area contributed by atoms with Crippen LogP contribution in [-0.2, 0) is 0 Å². The molecule has 0 aromatic heterocycles. The second kappa shape index (κ2) is 5.68. The van der Waals surface area contributed by atoms with Gasteiger partial charge in [-0.2, -0.15) is 0 Å². The second-order valence-electron chi connectivity index (χ2n) is 5.56. The highest BCUT2D eigenvalue weighted by Crippen LogP contribution is 2.32. The van der Waals surface area contributed by atoms with Crippen molar-refractivity contribution in [3.63, 3.8) is 0 Å². The molecule has 5 N–H and O–H groups in total. The number of nitrogens with two attached hydrogens (primary N) is 2. The van der Waals surface area contributed by atoms with Gasteiger partial charge in [-0.1, -0.05) is 6.07 Å². The van der Waals surface area contributed by atoms with E-state index in [1.807, 2.05) is 20.2 Å². The molecule has 1 aromatic carbocycles. The van der Waals surface area contributed by atoms with Gasteiger partial charge in [0.1, 0.15) is 0 Å². The van der Waals surface area contributed by atoms with E-state index < -0.39 is 5.91 Å². The van der Waals surface area contributed by atoms with Crippen molar-refractivity contribution in [2.45, 2.75) is 18.6 Å². The Morgan fingerprint density at radius 3 is 2.80 bits per heavy atom. The Morgan fingerprint density at radius 2 is 2.20 bits per heavy atom. The fraction of sp³-hybridized carbons (Fsp3) is 0.500. The molecule has 1 aliphatic heterocycles.